The summed E-state index contributed by atoms with van der Waals surface area (Å²) in [4.78, 5) is 16.6. The van der Waals surface area contributed by atoms with Crippen LogP contribution in [0.25, 0.3) is 0 Å². The van der Waals surface area contributed by atoms with E-state index in [-0.39, 0.29) is 5.97 Å². The zero-order valence-electron chi connectivity index (χ0n) is 13.0. The van der Waals surface area contributed by atoms with Crippen LogP contribution in [0.4, 0.5) is 0 Å². The highest BCUT2D eigenvalue weighted by molar-refractivity contribution is 5.80. The third kappa shape index (κ3) is 4.44. The van der Waals surface area contributed by atoms with Crippen molar-refractivity contribution in [2.24, 2.45) is 0 Å². The number of esters is 1. The third-order valence-electron chi connectivity index (χ3n) is 4.16. The van der Waals surface area contributed by atoms with Crippen LogP contribution in [0.3, 0.4) is 0 Å². The number of carbonyl (C=O) groups is 1. The van der Waals surface area contributed by atoms with Gasteiger partial charge in [0, 0.05) is 19.1 Å². The molecule has 2 atom stereocenters. The van der Waals surface area contributed by atoms with E-state index in [0.29, 0.717) is 6.04 Å². The van der Waals surface area contributed by atoms with Gasteiger partial charge in [0.2, 0.25) is 0 Å². The van der Waals surface area contributed by atoms with Gasteiger partial charge in [-0.3, -0.25) is 9.69 Å². The summed E-state index contributed by atoms with van der Waals surface area (Å²) in [5, 5.41) is 3.10. The Morgan fingerprint density at radius 1 is 1.53 bits per heavy atom. The maximum absolute atomic E-state index is 11.8. The standard InChI is InChI=1S/C14H29N3O2/c1-14(15-2,13(18)19-5)8-10-17-9-6-7-12(17)11-16(3)4/h12,15H,6-11H2,1-5H3. The number of likely N-dealkylation sites (N-methyl/N-ethyl adjacent to an activating group) is 2. The summed E-state index contributed by atoms with van der Waals surface area (Å²) in [6.45, 7) is 5.08. The van der Waals surface area contributed by atoms with E-state index in [0.717, 1.165) is 26.1 Å². The van der Waals surface area contributed by atoms with Crippen molar-refractivity contribution in [3.63, 3.8) is 0 Å². The van der Waals surface area contributed by atoms with Crippen molar-refractivity contribution in [1.82, 2.24) is 15.1 Å². The minimum absolute atomic E-state index is 0.182. The van der Waals surface area contributed by atoms with Crippen molar-refractivity contribution < 1.29 is 9.53 Å². The van der Waals surface area contributed by atoms with Gasteiger partial charge in [0.25, 0.3) is 0 Å². The summed E-state index contributed by atoms with van der Waals surface area (Å²) in [6.07, 6.45) is 3.29. The van der Waals surface area contributed by atoms with Gasteiger partial charge < -0.3 is 15.0 Å². The van der Waals surface area contributed by atoms with E-state index in [9.17, 15) is 4.79 Å². The van der Waals surface area contributed by atoms with Gasteiger partial charge in [-0.15, -0.1) is 0 Å². The van der Waals surface area contributed by atoms with Crippen LogP contribution in [0.2, 0.25) is 0 Å². The smallest absolute Gasteiger partial charge is 0.325 e. The van der Waals surface area contributed by atoms with Crippen molar-refractivity contribution >= 4 is 5.97 Å². The lowest BCUT2D eigenvalue weighted by molar-refractivity contribution is -0.148. The Hall–Kier alpha value is -0.650. The summed E-state index contributed by atoms with van der Waals surface area (Å²) in [6, 6.07) is 0.619. The number of hydrogen-bond acceptors (Lipinski definition) is 5. The highest BCUT2D eigenvalue weighted by Crippen LogP contribution is 2.20. The molecular formula is C14H29N3O2. The topological polar surface area (TPSA) is 44.8 Å². The molecule has 112 valence electrons. The van der Waals surface area contributed by atoms with Crippen LogP contribution in [0.15, 0.2) is 0 Å². The monoisotopic (exact) mass is 271 g/mol. The molecule has 5 nitrogen and oxygen atoms in total. The average molecular weight is 271 g/mol. The zero-order valence-corrected chi connectivity index (χ0v) is 13.0. The number of hydrogen-bond donors (Lipinski definition) is 1. The van der Waals surface area contributed by atoms with Crippen molar-refractivity contribution in [3.05, 3.63) is 0 Å². The van der Waals surface area contributed by atoms with E-state index in [2.05, 4.69) is 29.2 Å². The number of likely N-dealkylation sites (tertiary alicyclic amines) is 1. The van der Waals surface area contributed by atoms with Gasteiger partial charge in [-0.05, 0) is 53.9 Å². The summed E-state index contributed by atoms with van der Waals surface area (Å²) in [5.41, 5.74) is -0.583. The quantitative estimate of drug-likeness (QED) is 0.685. The highest BCUT2D eigenvalue weighted by Gasteiger charge is 2.34. The van der Waals surface area contributed by atoms with Crippen molar-refractivity contribution in [2.45, 2.75) is 37.8 Å². The first-order valence-electron chi connectivity index (χ1n) is 7.09. The van der Waals surface area contributed by atoms with Gasteiger partial charge >= 0.3 is 5.97 Å². The van der Waals surface area contributed by atoms with Crippen LogP contribution in [-0.2, 0) is 9.53 Å². The molecule has 0 aromatic rings. The first-order chi connectivity index (χ1) is 8.92. The fourth-order valence-corrected chi connectivity index (χ4v) is 2.74. The lowest BCUT2D eigenvalue weighted by atomic mass is 9.97. The fourth-order valence-electron chi connectivity index (χ4n) is 2.74. The normalized spacial score (nSPS) is 23.6. The molecule has 0 bridgehead atoms. The van der Waals surface area contributed by atoms with Gasteiger partial charge in [-0.25, -0.2) is 0 Å². The molecule has 0 radical (unpaired) electrons. The number of carbonyl (C=O) groups excluding carboxylic acids is 1. The predicted octanol–water partition coefficient (Wildman–Crippen LogP) is 0.554. The zero-order chi connectivity index (χ0) is 14.5. The summed E-state index contributed by atoms with van der Waals surface area (Å²) in [5.74, 6) is -0.182. The molecule has 0 aromatic carbocycles. The molecule has 5 heteroatoms. The summed E-state index contributed by atoms with van der Waals surface area (Å²) < 4.78 is 4.88. The number of methoxy groups -OCH3 is 1. The number of nitrogens with zero attached hydrogens (tertiary/aromatic N) is 2. The molecule has 1 saturated heterocycles. The lowest BCUT2D eigenvalue weighted by Gasteiger charge is -2.31. The SMILES string of the molecule is CNC(C)(CCN1CCCC1CN(C)C)C(=O)OC. The van der Waals surface area contributed by atoms with E-state index < -0.39 is 5.54 Å². The fraction of sp³-hybridized carbons (Fsp3) is 0.929. The molecule has 1 fully saturated rings. The Labute approximate surface area is 117 Å². The van der Waals surface area contributed by atoms with Crippen LogP contribution < -0.4 is 5.32 Å². The van der Waals surface area contributed by atoms with E-state index in [1.165, 1.54) is 20.0 Å². The molecule has 2 unspecified atom stereocenters. The molecular weight excluding hydrogens is 242 g/mol. The molecule has 1 heterocycles. The molecule has 0 aliphatic carbocycles. The Bertz CT molecular complexity index is 296. The summed E-state index contributed by atoms with van der Waals surface area (Å²) in [7, 11) is 7.49. The van der Waals surface area contributed by atoms with Crippen molar-refractivity contribution in [2.75, 3.05) is 47.9 Å². The molecule has 0 saturated carbocycles. The molecule has 0 spiro atoms. The van der Waals surface area contributed by atoms with Gasteiger partial charge in [0.05, 0.1) is 7.11 Å². The average Bonchev–Trinajstić information content (AvgIpc) is 2.81. The molecule has 19 heavy (non-hydrogen) atoms. The Morgan fingerprint density at radius 2 is 2.21 bits per heavy atom. The van der Waals surface area contributed by atoms with Crippen LogP contribution in [0.5, 0.6) is 0 Å². The molecule has 1 rings (SSSR count). The van der Waals surface area contributed by atoms with E-state index in [4.69, 9.17) is 4.74 Å². The first kappa shape index (κ1) is 16.4. The predicted molar refractivity (Wildman–Crippen MR) is 77.2 cm³/mol. The van der Waals surface area contributed by atoms with Crippen molar-refractivity contribution in [1.29, 1.82) is 0 Å². The Kier molecular flexibility index (Phi) is 6.23. The Morgan fingerprint density at radius 3 is 2.74 bits per heavy atom. The Balaban J connectivity index is 2.52. The second kappa shape index (κ2) is 7.22. The van der Waals surface area contributed by atoms with E-state index >= 15 is 0 Å². The maximum atomic E-state index is 11.8. The second-order valence-corrected chi connectivity index (χ2v) is 5.92. The van der Waals surface area contributed by atoms with E-state index in [1.807, 2.05) is 14.0 Å². The van der Waals surface area contributed by atoms with Crippen LogP contribution in [0, 0.1) is 0 Å². The highest BCUT2D eigenvalue weighted by atomic mass is 16.5. The molecule has 1 aliphatic heterocycles. The number of ether oxygens (including phenoxy) is 1. The molecule has 0 amide bonds. The molecule has 1 N–H and O–H groups in total. The van der Waals surface area contributed by atoms with Gasteiger partial charge in [0.15, 0.2) is 0 Å². The minimum atomic E-state index is -0.583. The minimum Gasteiger partial charge on any atom is -0.468 e. The lowest BCUT2D eigenvalue weighted by Crippen LogP contribution is -2.51. The third-order valence-corrected chi connectivity index (χ3v) is 4.16. The van der Waals surface area contributed by atoms with Crippen LogP contribution >= 0.6 is 0 Å². The van der Waals surface area contributed by atoms with E-state index in [1.54, 1.807) is 0 Å². The van der Waals surface area contributed by atoms with Gasteiger partial charge in [-0.2, -0.15) is 0 Å². The molecule has 0 aromatic heterocycles. The molecule has 1 aliphatic rings. The maximum Gasteiger partial charge on any atom is 0.325 e. The first-order valence-corrected chi connectivity index (χ1v) is 7.09. The van der Waals surface area contributed by atoms with Gasteiger partial charge in [-0.1, -0.05) is 0 Å². The summed E-state index contributed by atoms with van der Waals surface area (Å²) >= 11 is 0. The number of rotatable bonds is 7. The second-order valence-electron chi connectivity index (χ2n) is 5.92. The number of nitrogens with one attached hydrogen (secondary N) is 1. The van der Waals surface area contributed by atoms with Crippen molar-refractivity contribution in [3.8, 4) is 0 Å². The van der Waals surface area contributed by atoms with Gasteiger partial charge in [0.1, 0.15) is 5.54 Å². The largest absolute Gasteiger partial charge is 0.468 e. The van der Waals surface area contributed by atoms with Crippen LogP contribution in [-0.4, -0.2) is 75.2 Å². The van der Waals surface area contributed by atoms with Crippen LogP contribution in [0.1, 0.15) is 26.2 Å².